The van der Waals surface area contributed by atoms with Crippen LogP contribution in [0, 0.1) is 0 Å². The molecule has 0 saturated heterocycles. The highest BCUT2D eigenvalue weighted by Crippen LogP contribution is 2.20. The van der Waals surface area contributed by atoms with Crippen LogP contribution < -0.4 is 33.2 Å². The SMILES string of the molecule is NC(N)=NCCCC(NC(=O)C(N)Cc1c[nH]c2ccccc12)C(=O)NC(Cc1c[nH]c2ccccc12)C(=O)NC(CC(=O)O)C(=O)O. The molecule has 4 atom stereocenters. The van der Waals surface area contributed by atoms with Crippen LogP contribution in [-0.4, -0.2) is 86.5 Å². The van der Waals surface area contributed by atoms with Crippen molar-refractivity contribution in [3.05, 3.63) is 72.1 Å². The van der Waals surface area contributed by atoms with Crippen molar-refractivity contribution in [2.24, 2.45) is 22.2 Å². The smallest absolute Gasteiger partial charge is 0.326 e. The van der Waals surface area contributed by atoms with E-state index in [1.54, 1.807) is 18.5 Å². The number of rotatable bonds is 17. The van der Waals surface area contributed by atoms with Crippen molar-refractivity contribution < 1.29 is 34.2 Å². The molecule has 0 aliphatic rings. The number of aromatic amines is 2. The number of nitrogens with one attached hydrogen (secondary N) is 5. The van der Waals surface area contributed by atoms with E-state index in [1.165, 1.54) is 0 Å². The number of fused-ring (bicyclic) bond motifs is 2. The summed E-state index contributed by atoms with van der Waals surface area (Å²) in [6.45, 7) is 0.151. The maximum atomic E-state index is 13.8. The highest BCUT2D eigenvalue weighted by atomic mass is 16.4. The van der Waals surface area contributed by atoms with Crippen molar-refractivity contribution in [2.75, 3.05) is 6.54 Å². The predicted octanol–water partition coefficient (Wildman–Crippen LogP) is -0.171. The zero-order valence-corrected chi connectivity index (χ0v) is 25.9. The highest BCUT2D eigenvalue weighted by molar-refractivity contribution is 5.95. The number of nitrogens with zero attached hydrogens (tertiary/aromatic N) is 1. The number of aliphatic imine (C=N–C) groups is 1. The van der Waals surface area contributed by atoms with Crippen molar-refractivity contribution >= 4 is 57.4 Å². The number of hydrogen-bond acceptors (Lipinski definition) is 7. The molecule has 2 heterocycles. The number of amides is 3. The number of carboxylic acids is 2. The molecule has 4 aromatic rings. The minimum absolute atomic E-state index is 0.0619. The molecule has 16 nitrogen and oxygen atoms in total. The maximum Gasteiger partial charge on any atom is 0.326 e. The standard InChI is InChI=1S/C32H39N9O7/c33-21(12-17-15-37-22-8-3-1-6-19(17)22)28(44)39-24(10-5-11-36-32(34)35)29(45)40-25(30(46)41-26(31(47)48)14-27(42)43)13-18-16-38-23-9-4-2-7-20(18)23/h1-4,6-9,15-16,21,24-26,37-38H,5,10-14,33H2,(H,39,44)(H,40,45)(H,41,46)(H,42,43)(H,47,48)(H4,34,35,36). The number of H-pyrrole nitrogens is 2. The normalized spacial score (nSPS) is 13.6. The number of carbonyl (C=O) groups excluding carboxylic acids is 3. The van der Waals surface area contributed by atoms with Crippen LogP contribution in [0.1, 0.15) is 30.4 Å². The van der Waals surface area contributed by atoms with Crippen LogP contribution in [0.2, 0.25) is 0 Å². The lowest BCUT2D eigenvalue weighted by Gasteiger charge is -2.25. The Hall–Kier alpha value is -5.90. The second-order valence-electron chi connectivity index (χ2n) is 11.3. The van der Waals surface area contributed by atoms with Gasteiger partial charge in [0.25, 0.3) is 0 Å². The van der Waals surface area contributed by atoms with E-state index in [0.717, 1.165) is 27.4 Å². The summed E-state index contributed by atoms with van der Waals surface area (Å²) in [5.74, 6) is -5.44. The summed E-state index contributed by atoms with van der Waals surface area (Å²) in [4.78, 5) is 73.7. The summed E-state index contributed by atoms with van der Waals surface area (Å²) in [6.07, 6.45) is 2.95. The summed E-state index contributed by atoms with van der Waals surface area (Å²) < 4.78 is 0. The Morgan fingerprint density at radius 2 is 1.25 bits per heavy atom. The van der Waals surface area contributed by atoms with Gasteiger partial charge in [-0.05, 0) is 42.5 Å². The monoisotopic (exact) mass is 661 g/mol. The summed E-state index contributed by atoms with van der Waals surface area (Å²) in [7, 11) is 0. The first-order valence-electron chi connectivity index (χ1n) is 15.2. The average molecular weight is 662 g/mol. The van der Waals surface area contributed by atoms with Gasteiger partial charge in [-0.3, -0.25) is 24.2 Å². The van der Waals surface area contributed by atoms with Crippen molar-refractivity contribution in [1.29, 1.82) is 0 Å². The largest absolute Gasteiger partial charge is 0.481 e. The van der Waals surface area contributed by atoms with Crippen LogP contribution in [-0.2, 0) is 36.8 Å². The van der Waals surface area contributed by atoms with E-state index >= 15 is 0 Å². The average Bonchev–Trinajstić information content (AvgIpc) is 3.65. The summed E-state index contributed by atoms with van der Waals surface area (Å²) in [5, 5.41) is 27.9. The van der Waals surface area contributed by atoms with Gasteiger partial charge in [-0.2, -0.15) is 0 Å². The Morgan fingerprint density at radius 3 is 1.81 bits per heavy atom. The van der Waals surface area contributed by atoms with Crippen LogP contribution in [0.5, 0.6) is 0 Å². The molecule has 2 aromatic heterocycles. The summed E-state index contributed by atoms with van der Waals surface area (Å²) in [5.41, 5.74) is 20.2. The van der Waals surface area contributed by atoms with Gasteiger partial charge in [0.2, 0.25) is 17.7 Å². The molecule has 0 aliphatic carbocycles. The molecule has 0 bridgehead atoms. The van der Waals surface area contributed by atoms with Crippen LogP contribution in [0.4, 0.5) is 0 Å². The van der Waals surface area contributed by atoms with Gasteiger partial charge in [0.05, 0.1) is 12.5 Å². The molecule has 16 heteroatoms. The molecular weight excluding hydrogens is 622 g/mol. The lowest BCUT2D eigenvalue weighted by molar-refractivity contribution is -0.147. The molecule has 4 unspecified atom stereocenters. The first-order valence-corrected chi connectivity index (χ1v) is 15.2. The number of para-hydroxylation sites is 2. The maximum absolute atomic E-state index is 13.8. The topological polar surface area (TPSA) is 284 Å². The third-order valence-electron chi connectivity index (χ3n) is 7.76. The fourth-order valence-electron chi connectivity index (χ4n) is 5.33. The van der Waals surface area contributed by atoms with Crippen LogP contribution in [0.3, 0.4) is 0 Å². The third-order valence-corrected chi connectivity index (χ3v) is 7.76. The first-order chi connectivity index (χ1) is 22.9. The zero-order chi connectivity index (χ0) is 34.8. The second-order valence-corrected chi connectivity index (χ2v) is 11.3. The van der Waals surface area contributed by atoms with Crippen LogP contribution in [0.15, 0.2) is 65.9 Å². The Balaban J connectivity index is 1.55. The highest BCUT2D eigenvalue weighted by Gasteiger charge is 2.32. The minimum atomic E-state index is -1.75. The quantitative estimate of drug-likeness (QED) is 0.0405. The van der Waals surface area contributed by atoms with Gasteiger partial charge in [0, 0.05) is 47.2 Å². The molecule has 254 valence electrons. The molecule has 4 rings (SSSR count). The second kappa shape index (κ2) is 16.1. The fraction of sp³-hybridized carbons (Fsp3) is 0.312. The van der Waals surface area contributed by atoms with Crippen molar-refractivity contribution in [1.82, 2.24) is 25.9 Å². The number of aliphatic carboxylic acids is 2. The van der Waals surface area contributed by atoms with E-state index in [-0.39, 0.29) is 38.2 Å². The third kappa shape index (κ3) is 9.32. The molecule has 0 saturated carbocycles. The number of guanidine groups is 1. The zero-order valence-electron chi connectivity index (χ0n) is 25.9. The van der Waals surface area contributed by atoms with Gasteiger partial charge in [-0.25, -0.2) is 4.79 Å². The van der Waals surface area contributed by atoms with Gasteiger partial charge in [-0.1, -0.05) is 36.4 Å². The van der Waals surface area contributed by atoms with Crippen LogP contribution >= 0.6 is 0 Å². The van der Waals surface area contributed by atoms with E-state index in [0.29, 0.717) is 5.56 Å². The van der Waals surface area contributed by atoms with E-state index in [1.807, 2.05) is 42.5 Å². The Labute approximate surface area is 274 Å². The Bertz CT molecular complexity index is 1810. The number of carbonyl (C=O) groups is 5. The van der Waals surface area contributed by atoms with Crippen molar-refractivity contribution in [3.63, 3.8) is 0 Å². The lowest BCUT2D eigenvalue weighted by atomic mass is 10.0. The number of aromatic nitrogens is 2. The van der Waals surface area contributed by atoms with Crippen LogP contribution in [0.25, 0.3) is 21.8 Å². The van der Waals surface area contributed by atoms with Gasteiger partial charge < -0.3 is 53.3 Å². The van der Waals surface area contributed by atoms with E-state index in [9.17, 15) is 29.1 Å². The van der Waals surface area contributed by atoms with E-state index < -0.39 is 60.2 Å². The molecule has 0 aliphatic heterocycles. The number of carboxylic acid groups (broad SMARTS) is 2. The molecule has 48 heavy (non-hydrogen) atoms. The number of benzene rings is 2. The molecule has 2 aromatic carbocycles. The summed E-state index contributed by atoms with van der Waals surface area (Å²) >= 11 is 0. The number of hydrogen-bond donors (Lipinski definition) is 10. The Morgan fingerprint density at radius 1 is 0.729 bits per heavy atom. The number of nitrogens with two attached hydrogens (primary N) is 3. The Kier molecular flexibility index (Phi) is 11.7. The van der Waals surface area contributed by atoms with Gasteiger partial charge in [0.15, 0.2) is 5.96 Å². The molecule has 13 N–H and O–H groups in total. The van der Waals surface area contributed by atoms with Gasteiger partial charge in [0.1, 0.15) is 18.1 Å². The molecule has 3 amide bonds. The van der Waals surface area contributed by atoms with Gasteiger partial charge in [-0.15, -0.1) is 0 Å². The minimum Gasteiger partial charge on any atom is -0.481 e. The molecule has 0 spiro atoms. The summed E-state index contributed by atoms with van der Waals surface area (Å²) in [6, 6.07) is 9.44. The fourth-order valence-corrected chi connectivity index (χ4v) is 5.33. The predicted molar refractivity (Wildman–Crippen MR) is 178 cm³/mol. The molecular formula is C32H39N9O7. The molecule has 0 radical (unpaired) electrons. The van der Waals surface area contributed by atoms with E-state index in [2.05, 4.69) is 30.9 Å². The lowest BCUT2D eigenvalue weighted by Crippen LogP contribution is -2.58. The molecule has 0 fully saturated rings. The van der Waals surface area contributed by atoms with Crippen molar-refractivity contribution in [2.45, 2.75) is 56.3 Å². The first kappa shape index (κ1) is 35.0. The van der Waals surface area contributed by atoms with E-state index in [4.69, 9.17) is 22.3 Å². The van der Waals surface area contributed by atoms with Crippen molar-refractivity contribution in [3.8, 4) is 0 Å². The van der Waals surface area contributed by atoms with Gasteiger partial charge >= 0.3 is 11.9 Å².